The number of ether oxygens (including phenoxy) is 1. The maximum atomic E-state index is 11.6. The van der Waals surface area contributed by atoms with Crippen LogP contribution < -0.4 is 11.1 Å². The third-order valence-electron chi connectivity index (χ3n) is 2.82. The number of rotatable bonds is 4. The number of thiophene rings is 1. The molecule has 21 heavy (non-hydrogen) atoms. The molecule has 0 aliphatic carbocycles. The SMILES string of the molecule is COC(=O)c1sc(NCc2ccccc2Cl)c(C#N)c1N. The summed E-state index contributed by atoms with van der Waals surface area (Å²) in [5, 5.41) is 13.4. The average molecular weight is 322 g/mol. The number of nitrogen functional groups attached to an aromatic ring is 1. The molecule has 0 saturated carbocycles. The van der Waals surface area contributed by atoms with Crippen LogP contribution in [-0.4, -0.2) is 13.1 Å². The number of hydrogen-bond donors (Lipinski definition) is 2. The molecule has 0 aliphatic heterocycles. The molecule has 108 valence electrons. The smallest absolute Gasteiger partial charge is 0.350 e. The number of carbonyl (C=O) groups is 1. The zero-order chi connectivity index (χ0) is 15.4. The molecule has 5 nitrogen and oxygen atoms in total. The molecule has 0 unspecified atom stereocenters. The van der Waals surface area contributed by atoms with E-state index in [0.717, 1.165) is 16.9 Å². The topological polar surface area (TPSA) is 88.1 Å². The largest absolute Gasteiger partial charge is 0.465 e. The van der Waals surface area contributed by atoms with Gasteiger partial charge in [-0.15, -0.1) is 11.3 Å². The van der Waals surface area contributed by atoms with Crippen molar-refractivity contribution in [3.63, 3.8) is 0 Å². The van der Waals surface area contributed by atoms with E-state index in [1.54, 1.807) is 6.07 Å². The Kier molecular flexibility index (Phi) is 4.68. The van der Waals surface area contributed by atoms with Gasteiger partial charge < -0.3 is 15.8 Å². The van der Waals surface area contributed by atoms with Gasteiger partial charge in [0, 0.05) is 11.6 Å². The number of nitrogens with one attached hydrogen (secondary N) is 1. The van der Waals surface area contributed by atoms with Crippen molar-refractivity contribution in [2.45, 2.75) is 6.54 Å². The third-order valence-corrected chi connectivity index (χ3v) is 4.34. The lowest BCUT2D eigenvalue weighted by molar-refractivity contribution is 0.0607. The van der Waals surface area contributed by atoms with Gasteiger partial charge in [0.2, 0.25) is 0 Å². The van der Waals surface area contributed by atoms with Gasteiger partial charge in [-0.3, -0.25) is 0 Å². The Morgan fingerprint density at radius 3 is 2.86 bits per heavy atom. The van der Waals surface area contributed by atoms with Crippen LogP contribution in [0, 0.1) is 11.3 Å². The van der Waals surface area contributed by atoms with Crippen LogP contribution in [0.25, 0.3) is 0 Å². The zero-order valence-corrected chi connectivity index (χ0v) is 12.7. The van der Waals surface area contributed by atoms with E-state index in [-0.39, 0.29) is 16.1 Å². The van der Waals surface area contributed by atoms with E-state index >= 15 is 0 Å². The summed E-state index contributed by atoms with van der Waals surface area (Å²) >= 11 is 7.17. The lowest BCUT2D eigenvalue weighted by Crippen LogP contribution is -2.02. The summed E-state index contributed by atoms with van der Waals surface area (Å²) in [5.41, 5.74) is 7.07. The van der Waals surface area contributed by atoms with E-state index in [9.17, 15) is 10.1 Å². The van der Waals surface area contributed by atoms with Crippen LogP contribution in [0.3, 0.4) is 0 Å². The van der Waals surface area contributed by atoms with Crippen molar-refractivity contribution in [2.75, 3.05) is 18.2 Å². The third kappa shape index (κ3) is 3.10. The lowest BCUT2D eigenvalue weighted by atomic mass is 10.2. The predicted octanol–water partition coefficient (Wildman–Crippen LogP) is 3.25. The molecule has 0 amide bonds. The Bertz CT molecular complexity index is 721. The Labute approximate surface area is 130 Å². The highest BCUT2D eigenvalue weighted by molar-refractivity contribution is 7.18. The molecule has 2 rings (SSSR count). The van der Waals surface area contributed by atoms with Gasteiger partial charge in [-0.25, -0.2) is 4.79 Å². The van der Waals surface area contributed by atoms with E-state index in [0.29, 0.717) is 16.6 Å². The first-order valence-electron chi connectivity index (χ1n) is 5.96. The van der Waals surface area contributed by atoms with Gasteiger partial charge in [-0.2, -0.15) is 5.26 Å². The van der Waals surface area contributed by atoms with E-state index in [1.165, 1.54) is 7.11 Å². The second-order valence-corrected chi connectivity index (χ2v) is 5.53. The highest BCUT2D eigenvalue weighted by atomic mass is 35.5. The van der Waals surface area contributed by atoms with Crippen LogP contribution in [0.5, 0.6) is 0 Å². The highest BCUT2D eigenvalue weighted by Gasteiger charge is 2.21. The molecule has 0 bridgehead atoms. The van der Waals surface area contributed by atoms with E-state index in [2.05, 4.69) is 10.1 Å². The van der Waals surface area contributed by atoms with Gasteiger partial charge >= 0.3 is 5.97 Å². The Hall–Kier alpha value is -2.23. The molecule has 0 fully saturated rings. The summed E-state index contributed by atoms with van der Waals surface area (Å²) in [6, 6.07) is 9.37. The summed E-state index contributed by atoms with van der Waals surface area (Å²) in [4.78, 5) is 11.8. The maximum absolute atomic E-state index is 11.6. The lowest BCUT2D eigenvalue weighted by Gasteiger charge is -2.06. The number of halogens is 1. The van der Waals surface area contributed by atoms with Crippen LogP contribution >= 0.6 is 22.9 Å². The number of hydrogen-bond acceptors (Lipinski definition) is 6. The molecular formula is C14H12ClN3O2S. The molecule has 1 heterocycles. The quantitative estimate of drug-likeness (QED) is 0.844. The molecule has 2 aromatic rings. The fraction of sp³-hybridized carbons (Fsp3) is 0.143. The van der Waals surface area contributed by atoms with Crippen molar-refractivity contribution >= 4 is 39.6 Å². The summed E-state index contributed by atoms with van der Waals surface area (Å²) in [7, 11) is 1.27. The second kappa shape index (κ2) is 6.48. The first-order chi connectivity index (χ1) is 10.1. The van der Waals surface area contributed by atoms with Crippen molar-refractivity contribution < 1.29 is 9.53 Å². The summed E-state index contributed by atoms with van der Waals surface area (Å²) in [5.74, 6) is -0.556. The molecule has 0 aliphatic rings. The Balaban J connectivity index is 2.27. The zero-order valence-electron chi connectivity index (χ0n) is 11.1. The first kappa shape index (κ1) is 15.2. The minimum absolute atomic E-state index is 0.135. The number of nitrogens with two attached hydrogens (primary N) is 1. The minimum Gasteiger partial charge on any atom is -0.465 e. The number of carbonyl (C=O) groups excluding carboxylic acids is 1. The van der Waals surface area contributed by atoms with Crippen LogP contribution in [0.2, 0.25) is 5.02 Å². The van der Waals surface area contributed by atoms with Gasteiger partial charge in [0.25, 0.3) is 0 Å². The summed E-state index contributed by atoms with van der Waals surface area (Å²) < 4.78 is 4.64. The molecule has 0 spiro atoms. The average Bonchev–Trinajstić information content (AvgIpc) is 2.81. The molecule has 0 saturated heterocycles. The van der Waals surface area contributed by atoms with Gasteiger partial charge in [0.1, 0.15) is 21.5 Å². The number of nitrogens with zero attached hydrogens (tertiary/aromatic N) is 1. The summed E-state index contributed by atoms with van der Waals surface area (Å²) in [6.45, 7) is 0.426. The Morgan fingerprint density at radius 1 is 1.52 bits per heavy atom. The first-order valence-corrected chi connectivity index (χ1v) is 7.15. The standard InChI is InChI=1S/C14H12ClN3O2S/c1-20-14(19)12-11(17)9(6-16)13(21-12)18-7-8-4-2-3-5-10(8)15/h2-5,18H,7,17H2,1H3. The number of methoxy groups -OCH3 is 1. The monoisotopic (exact) mass is 321 g/mol. The molecular weight excluding hydrogens is 310 g/mol. The molecule has 3 N–H and O–H groups in total. The second-order valence-electron chi connectivity index (χ2n) is 4.10. The van der Waals surface area contributed by atoms with Crippen molar-refractivity contribution in [3.05, 3.63) is 45.3 Å². The van der Waals surface area contributed by atoms with Crippen LogP contribution in [-0.2, 0) is 11.3 Å². The molecule has 0 radical (unpaired) electrons. The van der Waals surface area contributed by atoms with Crippen molar-refractivity contribution in [1.82, 2.24) is 0 Å². The van der Waals surface area contributed by atoms with Gasteiger partial charge in [-0.1, -0.05) is 29.8 Å². The fourth-order valence-corrected chi connectivity index (χ4v) is 2.93. The fourth-order valence-electron chi connectivity index (χ4n) is 1.74. The maximum Gasteiger partial charge on any atom is 0.350 e. The van der Waals surface area contributed by atoms with Crippen molar-refractivity contribution in [3.8, 4) is 6.07 Å². The number of anilines is 2. The van der Waals surface area contributed by atoms with Crippen LogP contribution in [0.1, 0.15) is 20.8 Å². The number of benzene rings is 1. The summed E-state index contributed by atoms with van der Waals surface area (Å²) in [6.07, 6.45) is 0. The van der Waals surface area contributed by atoms with Crippen LogP contribution in [0.4, 0.5) is 10.7 Å². The van der Waals surface area contributed by atoms with Crippen molar-refractivity contribution in [2.24, 2.45) is 0 Å². The van der Waals surface area contributed by atoms with Crippen molar-refractivity contribution in [1.29, 1.82) is 5.26 Å². The van der Waals surface area contributed by atoms with E-state index in [4.69, 9.17) is 17.3 Å². The molecule has 0 atom stereocenters. The van der Waals surface area contributed by atoms with E-state index < -0.39 is 5.97 Å². The normalized spacial score (nSPS) is 9.95. The van der Waals surface area contributed by atoms with Gasteiger partial charge in [0.15, 0.2) is 0 Å². The van der Waals surface area contributed by atoms with Gasteiger partial charge in [-0.05, 0) is 11.6 Å². The minimum atomic E-state index is -0.556. The van der Waals surface area contributed by atoms with Crippen LogP contribution in [0.15, 0.2) is 24.3 Å². The Morgan fingerprint density at radius 2 is 2.24 bits per heavy atom. The molecule has 7 heteroatoms. The number of nitriles is 1. The highest BCUT2D eigenvalue weighted by Crippen LogP contribution is 2.36. The van der Waals surface area contributed by atoms with Gasteiger partial charge in [0.05, 0.1) is 12.8 Å². The van der Waals surface area contributed by atoms with E-state index in [1.807, 2.05) is 24.3 Å². The predicted molar refractivity (Wildman–Crippen MR) is 83.6 cm³/mol. The molecule has 1 aromatic heterocycles. The number of esters is 1. The molecule has 1 aromatic carbocycles.